The third-order valence-corrected chi connectivity index (χ3v) is 2.48. The number of Topliss-reactive ketones (excluding diaryl/α,β-unsaturated/α-hetero) is 1. The summed E-state index contributed by atoms with van der Waals surface area (Å²) < 4.78 is 31.4. The van der Waals surface area contributed by atoms with E-state index in [9.17, 15) is 18.4 Å². The van der Waals surface area contributed by atoms with E-state index in [0.29, 0.717) is 0 Å². The molecule has 1 aliphatic heterocycles. The zero-order valence-electron chi connectivity index (χ0n) is 8.20. The molecule has 1 fully saturated rings. The maximum Gasteiger partial charge on any atom is 0.313 e. The second kappa shape index (κ2) is 3.66. The van der Waals surface area contributed by atoms with Crippen LogP contribution in [0.3, 0.4) is 0 Å². The van der Waals surface area contributed by atoms with Crippen molar-refractivity contribution in [3.63, 3.8) is 0 Å². The summed E-state index contributed by atoms with van der Waals surface area (Å²) in [6.07, 6.45) is -0.589. The number of ketones is 1. The van der Waals surface area contributed by atoms with Gasteiger partial charge in [0.1, 0.15) is 18.8 Å². The first-order valence-electron chi connectivity index (χ1n) is 4.66. The van der Waals surface area contributed by atoms with E-state index in [0.717, 1.165) is 12.1 Å². The molecule has 1 heterocycles. The van der Waals surface area contributed by atoms with E-state index in [4.69, 9.17) is 0 Å². The molecule has 5 heteroatoms. The van der Waals surface area contributed by atoms with Crippen molar-refractivity contribution in [3.8, 4) is 0 Å². The lowest BCUT2D eigenvalue weighted by molar-refractivity contribution is -0.163. The molecule has 0 radical (unpaired) electrons. The molecule has 1 aliphatic rings. The molecule has 16 heavy (non-hydrogen) atoms. The summed E-state index contributed by atoms with van der Waals surface area (Å²) >= 11 is 0. The lowest BCUT2D eigenvalue weighted by Gasteiger charge is -2.27. The predicted octanol–water partition coefficient (Wildman–Crippen LogP) is 1.51. The number of cyclic esters (lactones) is 1. The molecule has 0 aromatic heterocycles. The van der Waals surface area contributed by atoms with Crippen LogP contribution in [0.25, 0.3) is 0 Å². The predicted molar refractivity (Wildman–Crippen MR) is 49.8 cm³/mol. The van der Waals surface area contributed by atoms with E-state index in [1.165, 1.54) is 12.1 Å². The quantitative estimate of drug-likeness (QED) is 0.538. The number of esters is 1. The Morgan fingerprint density at radius 2 is 1.81 bits per heavy atom. The fraction of sp³-hybridized carbons (Fsp3) is 0.273. The van der Waals surface area contributed by atoms with Crippen LogP contribution in [0.5, 0.6) is 0 Å². The van der Waals surface area contributed by atoms with E-state index in [-0.39, 0.29) is 5.56 Å². The van der Waals surface area contributed by atoms with Crippen LogP contribution in [0.4, 0.5) is 8.78 Å². The molecule has 0 saturated carbocycles. The topological polar surface area (TPSA) is 43.4 Å². The Labute approximate surface area is 90.0 Å². The summed E-state index contributed by atoms with van der Waals surface area (Å²) in [5.41, 5.74) is -2.34. The molecule has 2 rings (SSSR count). The SMILES string of the molecule is O=C1CC(=O)C(F)(c2ccc(F)cc2)CO1. The zero-order chi connectivity index (χ0) is 11.8. The van der Waals surface area contributed by atoms with Gasteiger partial charge >= 0.3 is 5.97 Å². The molecular formula is C11H8F2O3. The molecular weight excluding hydrogens is 218 g/mol. The highest BCUT2D eigenvalue weighted by Crippen LogP contribution is 2.32. The van der Waals surface area contributed by atoms with Gasteiger partial charge in [0.15, 0.2) is 5.78 Å². The van der Waals surface area contributed by atoms with Gasteiger partial charge in [0.2, 0.25) is 5.67 Å². The minimum Gasteiger partial charge on any atom is -0.461 e. The average Bonchev–Trinajstić information content (AvgIpc) is 2.25. The van der Waals surface area contributed by atoms with Crippen molar-refractivity contribution in [1.29, 1.82) is 0 Å². The van der Waals surface area contributed by atoms with E-state index in [2.05, 4.69) is 4.74 Å². The number of hydrogen-bond acceptors (Lipinski definition) is 3. The molecule has 1 unspecified atom stereocenters. The van der Waals surface area contributed by atoms with Crippen molar-refractivity contribution in [1.82, 2.24) is 0 Å². The summed E-state index contributed by atoms with van der Waals surface area (Å²) in [6.45, 7) is -0.643. The molecule has 0 bridgehead atoms. The van der Waals surface area contributed by atoms with Crippen LogP contribution in [0, 0.1) is 5.82 Å². The highest BCUT2D eigenvalue weighted by Gasteiger charge is 2.46. The summed E-state index contributed by atoms with van der Waals surface area (Å²) in [5.74, 6) is -2.11. The number of carbonyl (C=O) groups is 2. The number of hydrogen-bond donors (Lipinski definition) is 0. The van der Waals surface area contributed by atoms with Crippen molar-refractivity contribution in [2.45, 2.75) is 12.1 Å². The zero-order valence-corrected chi connectivity index (χ0v) is 8.20. The van der Waals surface area contributed by atoms with Crippen LogP contribution < -0.4 is 0 Å². The normalized spacial score (nSPS) is 25.4. The van der Waals surface area contributed by atoms with Crippen LogP contribution in [0.1, 0.15) is 12.0 Å². The van der Waals surface area contributed by atoms with Crippen molar-refractivity contribution < 1.29 is 23.1 Å². The standard InChI is InChI=1S/C11H8F2O3/c12-8-3-1-7(2-4-8)11(13)6-16-10(15)5-9(11)14/h1-4H,5-6H2. The number of halogens is 2. The van der Waals surface area contributed by atoms with Crippen LogP contribution >= 0.6 is 0 Å². The van der Waals surface area contributed by atoms with Crippen molar-refractivity contribution in [2.75, 3.05) is 6.61 Å². The first-order valence-corrected chi connectivity index (χ1v) is 4.66. The molecule has 1 aromatic rings. The Hall–Kier alpha value is -1.78. The van der Waals surface area contributed by atoms with Gasteiger partial charge in [-0.3, -0.25) is 9.59 Å². The fourth-order valence-electron chi connectivity index (χ4n) is 1.54. The van der Waals surface area contributed by atoms with Gasteiger partial charge in [-0.2, -0.15) is 0 Å². The number of benzene rings is 1. The van der Waals surface area contributed by atoms with Gasteiger partial charge < -0.3 is 4.74 Å². The third kappa shape index (κ3) is 1.68. The Balaban J connectivity index is 2.34. The van der Waals surface area contributed by atoms with E-state index < -0.39 is 36.3 Å². The Morgan fingerprint density at radius 1 is 1.19 bits per heavy atom. The summed E-state index contributed by atoms with van der Waals surface area (Å²) in [6, 6.07) is 4.46. The Kier molecular flexibility index (Phi) is 2.46. The lowest BCUT2D eigenvalue weighted by atomic mass is 9.89. The van der Waals surface area contributed by atoms with Gasteiger partial charge in [0, 0.05) is 5.56 Å². The second-order valence-electron chi connectivity index (χ2n) is 3.57. The monoisotopic (exact) mass is 226 g/mol. The van der Waals surface area contributed by atoms with Crippen LogP contribution in [0.15, 0.2) is 24.3 Å². The summed E-state index contributed by atoms with van der Waals surface area (Å²) in [5, 5.41) is 0. The maximum absolute atomic E-state index is 14.3. The average molecular weight is 226 g/mol. The van der Waals surface area contributed by atoms with Crippen LogP contribution in [0.2, 0.25) is 0 Å². The second-order valence-corrected chi connectivity index (χ2v) is 3.57. The van der Waals surface area contributed by atoms with Gasteiger partial charge in [0.25, 0.3) is 0 Å². The first kappa shape index (κ1) is 10.7. The number of carbonyl (C=O) groups excluding carboxylic acids is 2. The molecule has 1 aromatic carbocycles. The molecule has 3 nitrogen and oxygen atoms in total. The van der Waals surface area contributed by atoms with E-state index >= 15 is 0 Å². The lowest BCUT2D eigenvalue weighted by Crippen LogP contribution is -2.42. The minimum absolute atomic E-state index is 0.00593. The Morgan fingerprint density at radius 3 is 2.38 bits per heavy atom. The number of alkyl halides is 1. The molecule has 0 aliphatic carbocycles. The van der Waals surface area contributed by atoms with Crippen LogP contribution in [-0.2, 0) is 20.0 Å². The van der Waals surface area contributed by atoms with Gasteiger partial charge in [-0.05, 0) is 12.1 Å². The molecule has 0 N–H and O–H groups in total. The van der Waals surface area contributed by atoms with Crippen LogP contribution in [-0.4, -0.2) is 18.4 Å². The third-order valence-electron chi connectivity index (χ3n) is 2.48. The van der Waals surface area contributed by atoms with Gasteiger partial charge in [0.05, 0.1) is 0 Å². The fourth-order valence-corrected chi connectivity index (χ4v) is 1.54. The Bertz CT molecular complexity index is 441. The largest absolute Gasteiger partial charge is 0.461 e. The number of rotatable bonds is 1. The molecule has 1 atom stereocenters. The summed E-state index contributed by atoms with van der Waals surface area (Å²) in [4.78, 5) is 22.2. The highest BCUT2D eigenvalue weighted by atomic mass is 19.1. The van der Waals surface area contributed by atoms with E-state index in [1.54, 1.807) is 0 Å². The number of ether oxygens (including phenoxy) is 1. The van der Waals surface area contributed by atoms with Gasteiger partial charge in [-0.25, -0.2) is 8.78 Å². The molecule has 0 amide bonds. The van der Waals surface area contributed by atoms with Crippen molar-refractivity contribution >= 4 is 11.8 Å². The molecule has 1 saturated heterocycles. The smallest absolute Gasteiger partial charge is 0.313 e. The highest BCUT2D eigenvalue weighted by molar-refractivity contribution is 6.02. The first-order chi connectivity index (χ1) is 7.52. The molecule has 84 valence electrons. The molecule has 0 spiro atoms. The minimum atomic E-state index is -2.35. The van der Waals surface area contributed by atoms with E-state index in [1.807, 2.05) is 0 Å². The summed E-state index contributed by atoms with van der Waals surface area (Å²) in [7, 11) is 0. The van der Waals surface area contributed by atoms with Gasteiger partial charge in [-0.15, -0.1) is 0 Å². The van der Waals surface area contributed by atoms with Crippen molar-refractivity contribution in [2.24, 2.45) is 0 Å². The maximum atomic E-state index is 14.3. The van der Waals surface area contributed by atoms with Gasteiger partial charge in [-0.1, -0.05) is 12.1 Å². The van der Waals surface area contributed by atoms with Crippen molar-refractivity contribution in [3.05, 3.63) is 35.6 Å².